The largest absolute Gasteiger partial charge is 1.00 e. The van der Waals surface area contributed by atoms with Crippen LogP contribution in [0.4, 0.5) is 11.4 Å². The van der Waals surface area contributed by atoms with Crippen LogP contribution >= 0.6 is 86.9 Å². The third-order valence-electron chi connectivity index (χ3n) is 22.3. The number of hydrogen-bond donors (Lipinski definition) is 0. The third-order valence-corrected chi connectivity index (χ3v) is 33.7. The number of aromatic nitrogens is 5. The van der Waals surface area contributed by atoms with Gasteiger partial charge in [-0.3, -0.25) is 4.79 Å². The van der Waals surface area contributed by atoms with Crippen LogP contribution in [-0.2, 0) is 46.6 Å². The summed E-state index contributed by atoms with van der Waals surface area (Å²) < 4.78 is 56.8. The molecule has 0 radical (unpaired) electrons. The van der Waals surface area contributed by atoms with E-state index in [4.69, 9.17) is 40.0 Å². The molecule has 2 aliphatic heterocycles. The van der Waals surface area contributed by atoms with Crippen LogP contribution in [0.25, 0.3) is 76.3 Å². The number of para-hydroxylation sites is 4. The van der Waals surface area contributed by atoms with Gasteiger partial charge in [0.05, 0.1) is 31.5 Å². The maximum Gasteiger partial charge on any atom is 0.264 e. The van der Waals surface area contributed by atoms with Crippen molar-refractivity contribution in [1.82, 2.24) is 4.57 Å². The number of ketones is 1. The van der Waals surface area contributed by atoms with Crippen LogP contribution in [0.5, 0.6) is 5.75 Å². The molecule has 11 aromatic carbocycles. The number of anilines is 2. The normalized spacial score (nSPS) is 13.6. The number of benzene rings is 11. The molecule has 0 unspecified atom stereocenters. The predicted octanol–water partition coefficient (Wildman–Crippen LogP) is 10.5. The Labute approximate surface area is 836 Å². The van der Waals surface area contributed by atoms with Crippen LogP contribution in [0.2, 0.25) is 5.02 Å². The highest BCUT2D eigenvalue weighted by Crippen LogP contribution is 2.49. The number of halogens is 5. The summed E-state index contributed by atoms with van der Waals surface area (Å²) in [4.78, 5) is 28.1. The summed E-state index contributed by atoms with van der Waals surface area (Å²) in [6.45, 7) is 12.0. The summed E-state index contributed by atoms with van der Waals surface area (Å²) in [6.07, 6.45) is 25.6. The molecule has 19 rings (SSSR count). The predicted molar refractivity (Wildman–Crippen MR) is 525 cm³/mol. The molecule has 666 valence electrons. The summed E-state index contributed by atoms with van der Waals surface area (Å²) in [5.41, 5.74) is 13.2. The maximum absolute atomic E-state index is 14.8. The molecule has 16 aromatic rings. The Bertz CT molecular complexity index is 6840. The maximum atomic E-state index is 14.8. The van der Waals surface area contributed by atoms with Gasteiger partial charge in [0, 0.05) is 102 Å². The highest BCUT2D eigenvalue weighted by Gasteiger charge is 2.34. The van der Waals surface area contributed by atoms with E-state index in [1.54, 1.807) is 44.6 Å². The van der Waals surface area contributed by atoms with Crippen molar-refractivity contribution in [3.63, 3.8) is 0 Å². The van der Waals surface area contributed by atoms with E-state index in [2.05, 4.69) is 355 Å². The molecule has 14 nitrogen and oxygen atoms in total. The Morgan fingerprint density at radius 1 is 0.538 bits per heavy atom. The Morgan fingerprint density at radius 3 is 1.67 bits per heavy atom. The van der Waals surface area contributed by atoms with Crippen LogP contribution in [-0.4, -0.2) is 29.2 Å². The molecule has 1 aliphatic carbocycles. The van der Waals surface area contributed by atoms with Crippen molar-refractivity contribution in [2.75, 3.05) is 23.4 Å². The number of thioether (sulfide) groups is 1. The second-order valence-electron chi connectivity index (χ2n) is 29.9. The number of thiazole rings is 5. The number of nitrogens with zero attached hydrogens (tertiary/aromatic N) is 8. The topological polar surface area (TPSA) is 158 Å². The first-order chi connectivity index (χ1) is 61.8. The van der Waals surface area contributed by atoms with Crippen LogP contribution in [0, 0.1) is 10.2 Å². The first-order valence-electron chi connectivity index (χ1n) is 42.3. The van der Waals surface area contributed by atoms with E-state index in [9.17, 15) is 4.79 Å². The molecule has 0 spiro atoms. The first-order valence-corrected chi connectivity index (χ1v) is 50.6. The zero-order valence-electron chi connectivity index (χ0n) is 73.0. The van der Waals surface area contributed by atoms with Gasteiger partial charge in [0.2, 0.25) is 22.4 Å². The number of Topliss-reactive ketones (excluding diaryl/α,β-unsaturated/α-hetero) is 1. The standard InChI is InChI=1S/C37H31NOPS.C27H24ClN2OS.C20H20N3S2.C20H23N2S2.BrH.ClHO4.2HI/c1-2-38-33-25-15-16-26-35(33)41-36(38)28-27-34(37(39)29-17-7-3-8-18-29)40(30-19-9-4-10-20-30,31-21-11-5-12-22-31)32-23-13-6-14-24-32;1-4-18(15-27-30(3)23-17-21(28)11-13-25(23)32-27)14-26-29(2)22-16-20(10-12-24(22)31-26)19-8-6-5-7-9-19;1-3-22-15-9-5-7-11-17(15)24-19(22)13-14-21-20-23(4-2)16-10-6-8-12-18(16)25-20;1-3-22-16-10-5-7-12-18(16)24-20(22)14-8-13-19-21(2)15-9-4-6-11-17(15)23-19;;2-1(3,4)5;;/h3-28H,2H2,1H3;5-17H,4H2,1-3H3;5-14H,3-4H2,1-2H3;5,7-8,10,12-14H,3-4,6,9,11H2,1-2H3;1H;(H,2,3,4,5);2*1H/q4*+1;;;;/p-4/b28-27+;;;;;;;. The van der Waals surface area contributed by atoms with E-state index in [-0.39, 0.29) is 70.7 Å². The Morgan fingerprint density at radius 2 is 1.08 bits per heavy atom. The van der Waals surface area contributed by atoms with Gasteiger partial charge >= 0.3 is 0 Å². The van der Waals surface area contributed by atoms with Gasteiger partial charge in [-0.2, -0.15) is 18.3 Å². The third kappa shape index (κ3) is 23.2. The van der Waals surface area contributed by atoms with Crippen LogP contribution < -0.4 is 137 Å². The molecule has 0 atom stereocenters. The molecule has 5 aromatic heterocycles. The Kier molecular flexibility index (Phi) is 36.1. The van der Waals surface area contributed by atoms with Crippen LogP contribution in [0.15, 0.2) is 342 Å². The van der Waals surface area contributed by atoms with Crippen molar-refractivity contribution in [2.45, 2.75) is 91.3 Å². The molecule has 7 heterocycles. The average Bonchev–Trinajstić information content (AvgIpc) is 0.901. The summed E-state index contributed by atoms with van der Waals surface area (Å²) in [7, 11) is 1.41. The van der Waals surface area contributed by atoms with Gasteiger partial charge in [0.1, 0.15) is 41.3 Å². The lowest BCUT2D eigenvalue weighted by Gasteiger charge is -2.31. The van der Waals surface area contributed by atoms with Crippen LogP contribution in [0.3, 0.4) is 0 Å². The lowest BCUT2D eigenvalue weighted by atomic mass is 10.0. The summed E-state index contributed by atoms with van der Waals surface area (Å²) in [6, 6.07) is 98.5. The number of rotatable bonds is 19. The molecular weight excluding hydrogens is 2090 g/mol. The van der Waals surface area contributed by atoms with Gasteiger partial charge in [-0.15, -0.1) is 10.2 Å². The van der Waals surface area contributed by atoms with Gasteiger partial charge in [0.15, 0.2) is 22.0 Å². The van der Waals surface area contributed by atoms with E-state index >= 15 is 0 Å². The first kappa shape index (κ1) is 99.9. The molecule has 0 N–H and O–H groups in total. The Hall–Kier alpha value is -9.07. The fraction of sp³-hybridized carbons (Fsp3) is 0.163. The minimum absolute atomic E-state index is 0. The molecular formula is C104H98BrCl2I2N8O6PS6. The number of carbonyl (C=O) groups is 1. The van der Waals surface area contributed by atoms with E-state index < -0.39 is 17.1 Å². The molecule has 0 fully saturated rings. The van der Waals surface area contributed by atoms with Gasteiger partial charge in [-0.1, -0.05) is 299 Å². The van der Waals surface area contributed by atoms with Crippen molar-refractivity contribution in [1.29, 1.82) is 0 Å². The van der Waals surface area contributed by atoms with Gasteiger partial charge < -0.3 is 84.0 Å². The summed E-state index contributed by atoms with van der Waals surface area (Å²) in [5, 5.41) is 11.3. The SMILES string of the molecule is CCC(=Cc1sc2ccc(Cl)cc2[n+]1C)C=C1Oc2ccc(-c3ccccc3)cc2N1C.CCN1/C(=C/C=C/c2sc3c([n+]2C)CCCC3)Sc2ccccc21.CC[n+]1c(/C=C/C(C(=O)c2ccccc2)=P(c2ccccc2)(c2ccccc2)c2ccccc2)sc2ccccc21.CCn1c(=NC=Cc2sc3ccccc3[n+]2CC)sc2ccccc21.[Br-].[I-].[I-].[O-][Cl+3]([O-])([O-])[O-]. The van der Waals surface area contributed by atoms with Gasteiger partial charge in [0.25, 0.3) is 20.0 Å². The second kappa shape index (κ2) is 47.0. The monoisotopic (exact) mass is 2180 g/mol. The second-order valence-corrected chi connectivity index (χ2v) is 40.9. The summed E-state index contributed by atoms with van der Waals surface area (Å²) >= 11 is 17.1. The van der Waals surface area contributed by atoms with E-state index in [0.717, 1.165) is 91.5 Å². The fourth-order valence-corrected chi connectivity index (χ4v) is 27.4. The lowest BCUT2D eigenvalue weighted by molar-refractivity contribution is -2.00. The number of fused-ring (bicyclic) bond motifs is 7. The van der Waals surface area contributed by atoms with Crippen molar-refractivity contribution >= 4 is 190 Å². The van der Waals surface area contributed by atoms with Crippen molar-refractivity contribution in [3.05, 3.63) is 378 Å². The molecule has 0 amide bonds. The van der Waals surface area contributed by atoms with E-state index in [0.29, 0.717) is 5.56 Å². The Balaban J connectivity index is 0.000000156. The molecule has 26 heteroatoms. The number of carbonyl (C=O) groups excluding carboxylic acids is 1. The van der Waals surface area contributed by atoms with E-state index in [1.807, 2.05) is 107 Å². The number of aryl methyl sites for hydroxylation is 5. The molecule has 0 saturated heterocycles. The van der Waals surface area contributed by atoms with Crippen molar-refractivity contribution in [3.8, 4) is 16.9 Å². The molecule has 0 saturated carbocycles. The van der Waals surface area contributed by atoms with Crippen LogP contribution in [0.1, 0.15) is 94.8 Å². The zero-order valence-corrected chi connectivity index (χ0v) is 86.2. The number of allylic oxidation sites excluding steroid dienone is 5. The molecule has 130 heavy (non-hydrogen) atoms. The minimum atomic E-state index is -4.94. The average molecular weight is 2180 g/mol. The fourth-order valence-electron chi connectivity index (χ4n) is 16.1. The lowest BCUT2D eigenvalue weighted by Crippen LogP contribution is -3.00. The number of hydrogen-bond acceptors (Lipinski definition) is 15. The van der Waals surface area contributed by atoms with Gasteiger partial charge in [-0.25, -0.2) is 23.6 Å². The highest BCUT2D eigenvalue weighted by molar-refractivity contribution is 8.03. The highest BCUT2D eigenvalue weighted by atomic mass is 127. The quantitative estimate of drug-likeness (QED) is 0.0333. The molecule has 0 bridgehead atoms. The minimum Gasteiger partial charge on any atom is -1.00 e. The number of ether oxygens (including phenoxy) is 1. The van der Waals surface area contributed by atoms with Crippen molar-refractivity contribution < 1.29 is 122 Å². The zero-order chi connectivity index (χ0) is 88.6. The van der Waals surface area contributed by atoms with Crippen molar-refractivity contribution in [2.24, 2.45) is 19.1 Å². The van der Waals surface area contributed by atoms with Gasteiger partial charge in [-0.05, 0) is 166 Å². The summed E-state index contributed by atoms with van der Waals surface area (Å²) in [5.74, 6) is 1.77. The van der Waals surface area contributed by atoms with E-state index in [1.165, 1.54) is 108 Å². The smallest absolute Gasteiger partial charge is 0.264 e. The molecule has 3 aliphatic rings.